The van der Waals surface area contributed by atoms with Crippen LogP contribution in [0, 0.1) is 11.3 Å². The first-order valence-corrected chi connectivity index (χ1v) is 6.95. The van der Waals surface area contributed by atoms with Gasteiger partial charge in [0.1, 0.15) is 0 Å². The summed E-state index contributed by atoms with van der Waals surface area (Å²) in [7, 11) is 0. The van der Waals surface area contributed by atoms with Crippen molar-refractivity contribution in [2.45, 2.75) is 17.1 Å². The average Bonchev–Trinajstić information content (AvgIpc) is 2.48. The van der Waals surface area contributed by atoms with Crippen molar-refractivity contribution in [3.63, 3.8) is 0 Å². The largest absolute Gasteiger partial charge is 0.325 e. The Labute approximate surface area is 121 Å². The standard InChI is InChI=1S/C15H13N3OS/c1-11(20-14-5-7-17-8-6-14)15(19)18-13-4-2-3-12(9-13)10-16/h2-9,11H,1H3,(H,18,19)/t11-/m1/s1. The average molecular weight is 283 g/mol. The van der Waals surface area contributed by atoms with Gasteiger partial charge in [0.2, 0.25) is 5.91 Å². The quantitative estimate of drug-likeness (QED) is 0.876. The molecule has 0 radical (unpaired) electrons. The van der Waals surface area contributed by atoms with Gasteiger partial charge in [0.05, 0.1) is 16.9 Å². The van der Waals surface area contributed by atoms with E-state index in [4.69, 9.17) is 5.26 Å². The smallest absolute Gasteiger partial charge is 0.237 e. The number of aromatic nitrogens is 1. The molecule has 4 nitrogen and oxygen atoms in total. The van der Waals surface area contributed by atoms with Crippen molar-refractivity contribution in [2.24, 2.45) is 0 Å². The second-order valence-corrected chi connectivity index (χ2v) is 5.54. The van der Waals surface area contributed by atoms with Crippen LogP contribution in [-0.4, -0.2) is 16.1 Å². The van der Waals surface area contributed by atoms with E-state index in [2.05, 4.69) is 10.3 Å². The Balaban J connectivity index is 1.99. The summed E-state index contributed by atoms with van der Waals surface area (Å²) >= 11 is 1.46. The number of nitrogens with one attached hydrogen (secondary N) is 1. The van der Waals surface area contributed by atoms with E-state index >= 15 is 0 Å². The van der Waals surface area contributed by atoms with Crippen molar-refractivity contribution in [3.8, 4) is 6.07 Å². The Morgan fingerprint density at radius 2 is 2.10 bits per heavy atom. The normalized spacial score (nSPS) is 11.4. The highest BCUT2D eigenvalue weighted by Gasteiger charge is 2.14. The van der Waals surface area contributed by atoms with Crippen molar-refractivity contribution < 1.29 is 4.79 Å². The van der Waals surface area contributed by atoms with E-state index in [1.807, 2.05) is 25.1 Å². The van der Waals surface area contributed by atoms with Gasteiger partial charge in [-0.15, -0.1) is 11.8 Å². The van der Waals surface area contributed by atoms with Gasteiger partial charge in [0.25, 0.3) is 0 Å². The summed E-state index contributed by atoms with van der Waals surface area (Å²) in [4.78, 5) is 17.0. The Morgan fingerprint density at radius 3 is 2.80 bits per heavy atom. The van der Waals surface area contributed by atoms with Crippen LogP contribution in [0.3, 0.4) is 0 Å². The van der Waals surface area contributed by atoms with Crippen LogP contribution in [0.4, 0.5) is 5.69 Å². The zero-order valence-corrected chi connectivity index (χ0v) is 11.7. The summed E-state index contributed by atoms with van der Waals surface area (Å²) in [5, 5.41) is 11.4. The zero-order valence-electron chi connectivity index (χ0n) is 10.9. The highest BCUT2D eigenvalue weighted by molar-refractivity contribution is 8.00. The van der Waals surface area contributed by atoms with Crippen molar-refractivity contribution >= 4 is 23.4 Å². The SMILES string of the molecule is C[C@@H](Sc1ccncc1)C(=O)Nc1cccc(C#N)c1. The number of nitrogens with zero attached hydrogens (tertiary/aromatic N) is 2. The monoisotopic (exact) mass is 283 g/mol. The first-order valence-electron chi connectivity index (χ1n) is 6.07. The van der Waals surface area contributed by atoms with Crippen molar-refractivity contribution in [1.82, 2.24) is 4.98 Å². The molecule has 0 unspecified atom stereocenters. The second kappa shape index (κ2) is 6.73. The van der Waals surface area contributed by atoms with Crippen LogP contribution >= 0.6 is 11.8 Å². The number of hydrogen-bond donors (Lipinski definition) is 1. The van der Waals surface area contributed by atoms with Crippen LogP contribution < -0.4 is 5.32 Å². The van der Waals surface area contributed by atoms with Crippen LogP contribution in [0.1, 0.15) is 12.5 Å². The Hall–Kier alpha value is -2.32. The van der Waals surface area contributed by atoms with Gasteiger partial charge in [-0.25, -0.2) is 0 Å². The lowest BCUT2D eigenvalue weighted by Crippen LogP contribution is -2.22. The molecule has 0 saturated carbocycles. The summed E-state index contributed by atoms with van der Waals surface area (Å²) in [5.74, 6) is -0.0955. The number of nitriles is 1. The molecule has 2 rings (SSSR count). The number of amides is 1. The van der Waals surface area contributed by atoms with E-state index in [0.29, 0.717) is 11.3 Å². The number of anilines is 1. The lowest BCUT2D eigenvalue weighted by molar-refractivity contribution is -0.115. The van der Waals surface area contributed by atoms with E-state index in [-0.39, 0.29) is 11.2 Å². The maximum atomic E-state index is 12.1. The van der Waals surface area contributed by atoms with Gasteiger partial charge >= 0.3 is 0 Å². The molecule has 1 amide bonds. The second-order valence-electron chi connectivity index (χ2n) is 4.12. The summed E-state index contributed by atoms with van der Waals surface area (Å²) < 4.78 is 0. The minimum Gasteiger partial charge on any atom is -0.325 e. The topological polar surface area (TPSA) is 65.8 Å². The molecule has 1 aromatic heterocycles. The van der Waals surface area contributed by atoms with Crippen molar-refractivity contribution in [1.29, 1.82) is 5.26 Å². The number of benzene rings is 1. The number of rotatable bonds is 4. The fraction of sp³-hybridized carbons (Fsp3) is 0.133. The number of thioether (sulfide) groups is 1. The van der Waals surface area contributed by atoms with E-state index in [0.717, 1.165) is 4.90 Å². The predicted octanol–water partition coefficient (Wildman–Crippen LogP) is 3.07. The van der Waals surface area contributed by atoms with Gasteiger partial charge in [-0.05, 0) is 37.3 Å². The molecule has 1 atom stereocenters. The highest BCUT2D eigenvalue weighted by atomic mass is 32.2. The van der Waals surface area contributed by atoms with Gasteiger partial charge in [-0.2, -0.15) is 5.26 Å². The van der Waals surface area contributed by atoms with E-state index < -0.39 is 0 Å². The Kier molecular flexibility index (Phi) is 4.75. The summed E-state index contributed by atoms with van der Waals surface area (Å²) in [6.45, 7) is 1.84. The lowest BCUT2D eigenvalue weighted by atomic mass is 10.2. The van der Waals surface area contributed by atoms with Crippen LogP contribution in [0.2, 0.25) is 0 Å². The third-order valence-electron chi connectivity index (χ3n) is 2.59. The molecule has 1 N–H and O–H groups in total. The molecule has 0 bridgehead atoms. The molecule has 0 aliphatic heterocycles. The van der Waals surface area contributed by atoms with Gasteiger partial charge in [-0.3, -0.25) is 9.78 Å². The van der Waals surface area contributed by atoms with Gasteiger partial charge in [-0.1, -0.05) is 6.07 Å². The van der Waals surface area contributed by atoms with E-state index in [9.17, 15) is 4.79 Å². The van der Waals surface area contributed by atoms with Crippen LogP contribution in [0.5, 0.6) is 0 Å². The van der Waals surface area contributed by atoms with Gasteiger partial charge in [0.15, 0.2) is 0 Å². The third-order valence-corrected chi connectivity index (χ3v) is 3.70. The molecule has 0 fully saturated rings. The highest BCUT2D eigenvalue weighted by Crippen LogP contribution is 2.23. The first kappa shape index (κ1) is 14.1. The molecule has 0 saturated heterocycles. The Bertz CT molecular complexity index is 637. The predicted molar refractivity (Wildman–Crippen MR) is 79.3 cm³/mol. The summed E-state index contributed by atoms with van der Waals surface area (Å²) in [5.41, 5.74) is 1.16. The number of carbonyl (C=O) groups is 1. The molecule has 20 heavy (non-hydrogen) atoms. The minimum atomic E-state index is -0.233. The molecular weight excluding hydrogens is 270 g/mol. The van der Waals surface area contributed by atoms with Crippen molar-refractivity contribution in [3.05, 3.63) is 54.4 Å². The molecule has 0 aliphatic carbocycles. The molecule has 5 heteroatoms. The summed E-state index contributed by atoms with van der Waals surface area (Å²) in [6, 6.07) is 12.6. The number of pyridine rings is 1. The maximum Gasteiger partial charge on any atom is 0.237 e. The summed E-state index contributed by atoms with van der Waals surface area (Å²) in [6.07, 6.45) is 3.40. The van der Waals surface area contributed by atoms with Crippen molar-refractivity contribution in [2.75, 3.05) is 5.32 Å². The molecule has 100 valence electrons. The van der Waals surface area contributed by atoms with E-state index in [1.54, 1.807) is 36.7 Å². The van der Waals surface area contributed by atoms with Crippen LogP contribution in [0.25, 0.3) is 0 Å². The molecule has 0 aliphatic rings. The minimum absolute atomic E-state index is 0.0955. The fourth-order valence-corrected chi connectivity index (χ4v) is 2.44. The third kappa shape index (κ3) is 3.84. The number of hydrogen-bond acceptors (Lipinski definition) is 4. The Morgan fingerprint density at radius 1 is 1.35 bits per heavy atom. The first-order chi connectivity index (χ1) is 9.69. The molecule has 2 aromatic rings. The molecule has 1 heterocycles. The van der Waals surface area contributed by atoms with Gasteiger partial charge < -0.3 is 5.32 Å². The van der Waals surface area contributed by atoms with Gasteiger partial charge in [0, 0.05) is 23.0 Å². The molecule has 0 spiro atoms. The zero-order chi connectivity index (χ0) is 14.4. The van der Waals surface area contributed by atoms with E-state index in [1.165, 1.54) is 11.8 Å². The van der Waals surface area contributed by atoms with Crippen LogP contribution in [0.15, 0.2) is 53.7 Å². The number of carbonyl (C=O) groups excluding carboxylic acids is 1. The fourth-order valence-electron chi connectivity index (χ4n) is 1.58. The molecular formula is C15H13N3OS. The molecule has 1 aromatic carbocycles. The lowest BCUT2D eigenvalue weighted by Gasteiger charge is -2.12. The van der Waals surface area contributed by atoms with Crippen LogP contribution in [-0.2, 0) is 4.79 Å². The maximum absolute atomic E-state index is 12.1.